The fraction of sp³-hybridized carbons (Fsp3) is 0.462. The average molecular weight is 744 g/mol. The maximum absolute atomic E-state index is 14.5. The van der Waals surface area contributed by atoms with E-state index in [4.69, 9.17) is 9.57 Å². The third-order valence-corrected chi connectivity index (χ3v) is 12.4. The van der Waals surface area contributed by atoms with E-state index in [1.54, 1.807) is 20.8 Å². The zero-order valence-electron chi connectivity index (χ0n) is 30.1. The molecule has 4 bridgehead atoms. The Kier molecular flexibility index (Phi) is 9.46. The largest absolute Gasteiger partial charge is 0.450 e. The van der Waals surface area contributed by atoms with E-state index in [1.165, 1.54) is 11.0 Å². The van der Waals surface area contributed by atoms with E-state index in [0.29, 0.717) is 31.4 Å². The molecule has 0 spiro atoms. The lowest BCUT2D eigenvalue weighted by molar-refractivity contribution is -0.143. The van der Waals surface area contributed by atoms with Gasteiger partial charge in [-0.25, -0.2) is 13.2 Å². The summed E-state index contributed by atoms with van der Waals surface area (Å²) >= 11 is 0. The van der Waals surface area contributed by atoms with Crippen molar-refractivity contribution in [1.82, 2.24) is 20.3 Å². The van der Waals surface area contributed by atoms with Gasteiger partial charge in [0.05, 0.1) is 18.4 Å². The van der Waals surface area contributed by atoms with Crippen LogP contribution in [-0.4, -0.2) is 85.0 Å². The minimum atomic E-state index is -3.89. The van der Waals surface area contributed by atoms with Crippen molar-refractivity contribution < 1.29 is 37.2 Å². The molecule has 1 saturated heterocycles. The molecule has 3 fully saturated rings. The van der Waals surface area contributed by atoms with E-state index >= 15 is 0 Å². The molecule has 2 aliphatic heterocycles. The number of carbonyl (C=O) groups excluding carboxylic acids is 4. The van der Waals surface area contributed by atoms with Gasteiger partial charge in [0.25, 0.3) is 5.91 Å². The fourth-order valence-corrected chi connectivity index (χ4v) is 8.70. The Morgan fingerprint density at radius 1 is 1.08 bits per heavy atom. The SMILES string of the molecule is C=C[C@@H]1C[C@]1(NC(=O)[C@@H]1C[C@@H]2CN1C(=O)[C@H](C(C)(C)C)NC(=O)OCCC/C=C/c1ccc3c(c1)/C(=N/O2)c1ccccc1-3)C(=O)NS(=O)(=O)C1CC1. The highest BCUT2D eigenvalue weighted by molar-refractivity contribution is 7.91. The van der Waals surface area contributed by atoms with Crippen LogP contribution in [-0.2, 0) is 34.0 Å². The van der Waals surface area contributed by atoms with E-state index in [1.807, 2.05) is 54.6 Å². The predicted octanol–water partition coefficient (Wildman–Crippen LogP) is 4.02. The van der Waals surface area contributed by atoms with Gasteiger partial charge in [0.15, 0.2) is 0 Å². The molecule has 3 N–H and O–H groups in total. The third-order valence-electron chi connectivity index (χ3n) is 10.6. The highest BCUT2D eigenvalue weighted by Gasteiger charge is 2.62. The summed E-state index contributed by atoms with van der Waals surface area (Å²) in [6.45, 7) is 9.24. The van der Waals surface area contributed by atoms with Crippen molar-refractivity contribution in [3.05, 3.63) is 77.9 Å². The number of nitrogens with one attached hydrogen (secondary N) is 3. The summed E-state index contributed by atoms with van der Waals surface area (Å²) in [6, 6.07) is 11.8. The second-order valence-electron chi connectivity index (χ2n) is 15.6. The van der Waals surface area contributed by atoms with Gasteiger partial charge in [-0.3, -0.25) is 19.1 Å². The number of cyclic esters (lactones) is 1. The molecule has 0 radical (unpaired) electrons. The van der Waals surface area contributed by atoms with Crippen molar-refractivity contribution in [1.29, 1.82) is 0 Å². The van der Waals surface area contributed by atoms with Gasteiger partial charge in [-0.05, 0) is 60.3 Å². The summed E-state index contributed by atoms with van der Waals surface area (Å²) in [7, 11) is -3.89. The Balaban J connectivity index is 1.22. The molecule has 0 unspecified atom stereocenters. The normalized spacial score (nSPS) is 28.7. The van der Waals surface area contributed by atoms with Crippen LogP contribution in [0, 0.1) is 11.3 Å². The van der Waals surface area contributed by atoms with Gasteiger partial charge in [0.2, 0.25) is 21.8 Å². The summed E-state index contributed by atoms with van der Waals surface area (Å²) in [6.07, 6.45) is 6.33. The number of sulfonamides is 1. The molecule has 13 nitrogen and oxygen atoms in total. The molecule has 5 aliphatic rings. The molecule has 3 aliphatic carbocycles. The summed E-state index contributed by atoms with van der Waals surface area (Å²) in [5.74, 6) is -2.56. The number of fused-ring (bicyclic) bond motifs is 6. The first-order valence-electron chi connectivity index (χ1n) is 18.1. The summed E-state index contributed by atoms with van der Waals surface area (Å²) in [4.78, 5) is 62.8. The van der Waals surface area contributed by atoms with Crippen molar-refractivity contribution >= 4 is 45.6 Å². The molecule has 53 heavy (non-hydrogen) atoms. The Bertz CT molecular complexity index is 2030. The van der Waals surface area contributed by atoms with Crippen LogP contribution in [0.25, 0.3) is 17.2 Å². The standard InChI is InChI=1S/C39H45N5O8S/c1-5-24-21-39(24,36(47)43-53(49,50)26-15-16-26)41-34(45)31-20-25-22-44(31)35(46)33(38(2,3)4)40-37(48)51-18-10-6-7-11-23-14-17-28-27-12-8-9-13-29(27)32(42-52-25)30(28)19-23/h5,7-9,11-14,17,19,24-26,31,33H,1,6,10,15-16,18,20-22H2,2-4H3,(H,40,48)(H,41,45)(H,43,47)/b11-7+,42-32+/t24-,25-,31+,33-,39-/m1/s1. The summed E-state index contributed by atoms with van der Waals surface area (Å²) in [5, 5.41) is 9.54. The number of rotatable bonds is 6. The van der Waals surface area contributed by atoms with E-state index in [9.17, 15) is 27.6 Å². The van der Waals surface area contributed by atoms with Crippen LogP contribution in [0.5, 0.6) is 0 Å². The van der Waals surface area contributed by atoms with Crippen LogP contribution in [0.3, 0.4) is 0 Å². The quantitative estimate of drug-likeness (QED) is 0.318. The Labute approximate surface area is 309 Å². The van der Waals surface area contributed by atoms with E-state index in [0.717, 1.165) is 27.8 Å². The predicted molar refractivity (Wildman–Crippen MR) is 198 cm³/mol. The van der Waals surface area contributed by atoms with Crippen molar-refractivity contribution in [2.75, 3.05) is 13.2 Å². The third kappa shape index (κ3) is 7.20. The van der Waals surface area contributed by atoms with Crippen molar-refractivity contribution in [3.8, 4) is 11.1 Å². The molecule has 14 heteroatoms. The monoisotopic (exact) mass is 743 g/mol. The van der Waals surface area contributed by atoms with Gasteiger partial charge in [-0.2, -0.15) is 0 Å². The van der Waals surface area contributed by atoms with Gasteiger partial charge in [-0.15, -0.1) is 6.58 Å². The van der Waals surface area contributed by atoms with Crippen LogP contribution >= 0.6 is 0 Å². The molecule has 5 atom stereocenters. The first-order valence-corrected chi connectivity index (χ1v) is 19.7. The van der Waals surface area contributed by atoms with Crippen molar-refractivity contribution in [2.24, 2.45) is 16.5 Å². The van der Waals surface area contributed by atoms with E-state index < -0.39 is 74.1 Å². The fourth-order valence-electron chi connectivity index (χ4n) is 7.34. The second kappa shape index (κ2) is 13.8. The lowest BCUT2D eigenvalue weighted by Crippen LogP contribution is -2.60. The Hall–Kier alpha value is -4.98. The molecule has 0 aromatic heterocycles. The first-order chi connectivity index (χ1) is 25.2. The highest BCUT2D eigenvalue weighted by Crippen LogP contribution is 2.46. The van der Waals surface area contributed by atoms with Crippen LogP contribution < -0.4 is 15.4 Å². The van der Waals surface area contributed by atoms with Crippen LogP contribution in [0.15, 0.2) is 66.4 Å². The maximum atomic E-state index is 14.5. The number of hydrogen-bond donors (Lipinski definition) is 3. The first kappa shape index (κ1) is 36.4. The minimum absolute atomic E-state index is 0.0176. The number of amides is 4. The number of nitrogens with zero attached hydrogens (tertiary/aromatic N) is 2. The molecular formula is C39H45N5O8S. The number of carbonyl (C=O) groups is 4. The molecule has 2 aromatic rings. The number of benzene rings is 2. The summed E-state index contributed by atoms with van der Waals surface area (Å²) < 4.78 is 33.0. The minimum Gasteiger partial charge on any atom is -0.450 e. The average Bonchev–Trinajstić information content (AvgIpc) is 4.03. The smallest absolute Gasteiger partial charge is 0.407 e. The molecule has 7 rings (SSSR count). The number of allylic oxidation sites excluding steroid dienone is 1. The zero-order valence-corrected chi connectivity index (χ0v) is 30.9. The lowest BCUT2D eigenvalue weighted by Gasteiger charge is -2.35. The Morgan fingerprint density at radius 2 is 1.81 bits per heavy atom. The van der Waals surface area contributed by atoms with Gasteiger partial charge >= 0.3 is 6.09 Å². The van der Waals surface area contributed by atoms with Gasteiger partial charge in [-0.1, -0.05) is 80.6 Å². The molecule has 4 amide bonds. The van der Waals surface area contributed by atoms with Crippen LogP contribution in [0.4, 0.5) is 4.79 Å². The summed E-state index contributed by atoms with van der Waals surface area (Å²) in [5.41, 5.74) is 3.04. The van der Waals surface area contributed by atoms with Gasteiger partial charge < -0.3 is 25.1 Å². The van der Waals surface area contributed by atoms with E-state index in [-0.39, 0.29) is 26.0 Å². The number of alkyl carbamates (subject to hydrolysis) is 1. The molecule has 2 saturated carbocycles. The second-order valence-corrected chi connectivity index (χ2v) is 17.5. The van der Waals surface area contributed by atoms with Crippen LogP contribution in [0.2, 0.25) is 0 Å². The van der Waals surface area contributed by atoms with Crippen LogP contribution in [0.1, 0.15) is 76.0 Å². The lowest BCUT2D eigenvalue weighted by atomic mass is 9.85. The topological polar surface area (TPSA) is 173 Å². The zero-order chi connectivity index (χ0) is 37.7. The van der Waals surface area contributed by atoms with Gasteiger partial charge in [0, 0.05) is 23.5 Å². The molecular weight excluding hydrogens is 699 g/mol. The molecule has 2 heterocycles. The highest BCUT2D eigenvalue weighted by atomic mass is 32.2. The number of oxime groups is 1. The van der Waals surface area contributed by atoms with Gasteiger partial charge in [0.1, 0.15) is 29.4 Å². The molecule has 280 valence electrons. The molecule has 2 aromatic carbocycles. The van der Waals surface area contributed by atoms with Crippen molar-refractivity contribution in [2.45, 2.75) is 88.3 Å². The number of ether oxygens (including phenoxy) is 1. The van der Waals surface area contributed by atoms with Crippen molar-refractivity contribution in [3.63, 3.8) is 0 Å². The Morgan fingerprint density at radius 3 is 2.51 bits per heavy atom. The van der Waals surface area contributed by atoms with E-state index in [2.05, 4.69) is 27.1 Å². The maximum Gasteiger partial charge on any atom is 0.407 e. The number of hydrogen-bond acceptors (Lipinski definition) is 9.